The number of benzene rings is 2. The molecular weight excluding hydrogens is 576 g/mol. The number of ether oxygens (including phenoxy) is 3. The van der Waals surface area contributed by atoms with Gasteiger partial charge in [0.05, 0.1) is 11.6 Å². The van der Waals surface area contributed by atoms with Gasteiger partial charge in [0.1, 0.15) is 24.1 Å². The highest BCUT2D eigenvalue weighted by Gasteiger charge is 2.36. The van der Waals surface area contributed by atoms with Crippen LogP contribution in [0.2, 0.25) is 10.0 Å². The number of halogens is 2. The van der Waals surface area contributed by atoms with Crippen molar-refractivity contribution in [2.24, 2.45) is 0 Å². The van der Waals surface area contributed by atoms with E-state index in [2.05, 4.69) is 10.1 Å². The fraction of sp³-hybridized carbons (Fsp3) is 0.292. The van der Waals surface area contributed by atoms with E-state index in [0.29, 0.717) is 16.3 Å². The number of hydrogen-bond acceptors (Lipinski definition) is 9. The molecule has 2 aromatic carbocycles. The van der Waals surface area contributed by atoms with E-state index in [1.807, 2.05) is 0 Å². The van der Waals surface area contributed by atoms with Crippen LogP contribution in [-0.4, -0.2) is 41.1 Å². The number of aryl methyl sites for hydroxylation is 1. The second-order valence-electron chi connectivity index (χ2n) is 8.38. The first-order chi connectivity index (χ1) is 18.5. The van der Waals surface area contributed by atoms with Gasteiger partial charge in [-0.15, -0.1) is 0 Å². The Morgan fingerprint density at radius 3 is 2.69 bits per heavy atom. The normalized spacial score (nSPS) is 19.3. The zero-order valence-corrected chi connectivity index (χ0v) is 23.1. The summed E-state index contributed by atoms with van der Waals surface area (Å²) < 4.78 is 42.6. The molecule has 2 heterocycles. The number of H-pyrrole nitrogens is 1. The highest BCUT2D eigenvalue weighted by molar-refractivity contribution is 7.52. The summed E-state index contributed by atoms with van der Waals surface area (Å²) in [6.07, 6.45) is -0.600. The van der Waals surface area contributed by atoms with Crippen molar-refractivity contribution in [1.29, 1.82) is 0 Å². The fourth-order valence-electron chi connectivity index (χ4n) is 3.39. The van der Waals surface area contributed by atoms with Crippen molar-refractivity contribution in [2.75, 3.05) is 13.2 Å². The summed E-state index contributed by atoms with van der Waals surface area (Å²) in [6.45, 7) is 2.47. The molecule has 208 valence electrons. The summed E-state index contributed by atoms with van der Waals surface area (Å²) in [5, 5.41) is 2.90. The molecule has 4 atom stereocenters. The maximum Gasteiger partial charge on any atom is 0.459 e. The van der Waals surface area contributed by atoms with E-state index < -0.39 is 50.1 Å². The van der Waals surface area contributed by atoms with Crippen LogP contribution in [-0.2, 0) is 23.4 Å². The first-order valence-corrected chi connectivity index (χ1v) is 13.9. The molecule has 0 bridgehead atoms. The lowest BCUT2D eigenvalue weighted by Gasteiger charge is -2.24. The molecule has 1 aromatic heterocycles. The molecule has 0 aliphatic carbocycles. The average Bonchev–Trinajstić information content (AvgIpc) is 3.36. The molecule has 1 aliphatic rings. The lowest BCUT2D eigenvalue weighted by atomic mass is 10.3. The Morgan fingerprint density at radius 2 is 1.97 bits per heavy atom. The van der Waals surface area contributed by atoms with Gasteiger partial charge in [-0.2, -0.15) is 5.09 Å². The number of esters is 1. The molecular formula is C24H24Cl2N3O9P. The number of para-hydroxylation sites is 1. The number of nitrogens with zero attached hydrogens (tertiary/aromatic N) is 1. The van der Waals surface area contributed by atoms with E-state index in [9.17, 15) is 18.9 Å². The Morgan fingerprint density at radius 1 is 1.23 bits per heavy atom. The second-order valence-corrected chi connectivity index (χ2v) is 10.9. The first kappa shape index (κ1) is 29.0. The topological polar surface area (TPSA) is 147 Å². The van der Waals surface area contributed by atoms with Crippen molar-refractivity contribution in [3.05, 3.63) is 91.2 Å². The van der Waals surface area contributed by atoms with Crippen LogP contribution >= 0.6 is 30.9 Å². The molecule has 1 fully saturated rings. The van der Waals surface area contributed by atoms with Gasteiger partial charge in [-0.05, 0) is 44.2 Å². The van der Waals surface area contributed by atoms with Crippen molar-refractivity contribution >= 4 is 36.9 Å². The number of nitrogens with one attached hydrogen (secondary N) is 2. The predicted octanol–water partition coefficient (Wildman–Crippen LogP) is 3.81. The van der Waals surface area contributed by atoms with Gasteiger partial charge in [-0.3, -0.25) is 18.9 Å². The van der Waals surface area contributed by atoms with Crippen molar-refractivity contribution < 1.29 is 32.6 Å². The SMILES string of the molecule is Cc1cn([C@H]2CO[C@@H](COP(=O)(N[C@@H](C)C(=O)Oc3ccccc3)Oc3ccc(Cl)cc3Cl)O2)c(=O)[nH]c1=O. The summed E-state index contributed by atoms with van der Waals surface area (Å²) in [4.78, 5) is 38.6. The maximum absolute atomic E-state index is 13.8. The maximum atomic E-state index is 13.8. The van der Waals surface area contributed by atoms with Crippen molar-refractivity contribution in [2.45, 2.75) is 32.4 Å². The third-order valence-corrected chi connectivity index (χ3v) is 7.51. The standard InChI is InChI=1S/C24H24Cl2N3O9P/c1-14-11-29(24(32)27-22(14)30)20-12-34-21(37-20)13-35-39(33,38-19-9-8-16(25)10-18(19)26)28-15(2)23(31)36-17-6-4-3-5-7-17/h3-11,15,20-21H,12-13H2,1-2H3,(H,28,33)(H,27,30,32)/t15-,20+,21+,39?/m0/s1. The molecule has 0 spiro atoms. The third kappa shape index (κ3) is 7.58. The first-order valence-electron chi connectivity index (χ1n) is 11.6. The summed E-state index contributed by atoms with van der Waals surface area (Å²) >= 11 is 12.1. The number of carbonyl (C=O) groups excluding carboxylic acids is 1. The van der Waals surface area contributed by atoms with Gasteiger partial charge in [-0.25, -0.2) is 14.2 Å². The molecule has 0 amide bonds. The van der Waals surface area contributed by atoms with E-state index in [0.717, 1.165) is 0 Å². The van der Waals surface area contributed by atoms with Crippen LogP contribution < -0.4 is 25.6 Å². The molecule has 0 radical (unpaired) electrons. The van der Waals surface area contributed by atoms with Crippen LogP contribution in [0.25, 0.3) is 0 Å². The highest BCUT2D eigenvalue weighted by Crippen LogP contribution is 2.47. The van der Waals surface area contributed by atoms with Gasteiger partial charge in [0.2, 0.25) is 0 Å². The van der Waals surface area contributed by atoms with E-state index >= 15 is 0 Å². The molecule has 4 rings (SSSR count). The molecule has 39 heavy (non-hydrogen) atoms. The van der Waals surface area contributed by atoms with Crippen LogP contribution in [0.5, 0.6) is 11.5 Å². The number of rotatable bonds is 10. The van der Waals surface area contributed by atoms with Crippen LogP contribution in [0.3, 0.4) is 0 Å². The van der Waals surface area contributed by atoms with E-state index in [4.69, 9.17) is 46.5 Å². The van der Waals surface area contributed by atoms with Gasteiger partial charge in [0.25, 0.3) is 5.56 Å². The van der Waals surface area contributed by atoms with Crippen LogP contribution in [0, 0.1) is 6.92 Å². The van der Waals surface area contributed by atoms with Gasteiger partial charge < -0.3 is 18.7 Å². The molecule has 1 unspecified atom stereocenters. The van der Waals surface area contributed by atoms with Gasteiger partial charge >= 0.3 is 19.4 Å². The molecule has 15 heteroatoms. The van der Waals surface area contributed by atoms with Crippen molar-refractivity contribution in [1.82, 2.24) is 14.6 Å². The van der Waals surface area contributed by atoms with Gasteiger partial charge in [-0.1, -0.05) is 41.4 Å². The van der Waals surface area contributed by atoms with Crippen LogP contribution in [0.1, 0.15) is 18.7 Å². The minimum absolute atomic E-state index is 0.0260. The van der Waals surface area contributed by atoms with Crippen LogP contribution in [0.15, 0.2) is 64.3 Å². The minimum Gasteiger partial charge on any atom is -0.425 e. The molecule has 1 aliphatic heterocycles. The van der Waals surface area contributed by atoms with Crippen LogP contribution in [0.4, 0.5) is 0 Å². The molecule has 3 aromatic rings. The Balaban J connectivity index is 1.47. The highest BCUT2D eigenvalue weighted by atomic mass is 35.5. The molecule has 12 nitrogen and oxygen atoms in total. The average molecular weight is 600 g/mol. The zero-order chi connectivity index (χ0) is 28.2. The molecule has 1 saturated heterocycles. The summed E-state index contributed by atoms with van der Waals surface area (Å²) in [6, 6.07) is 11.4. The lowest BCUT2D eigenvalue weighted by Crippen LogP contribution is -2.37. The van der Waals surface area contributed by atoms with Crippen molar-refractivity contribution in [3.63, 3.8) is 0 Å². The summed E-state index contributed by atoms with van der Waals surface area (Å²) in [7, 11) is -4.32. The van der Waals surface area contributed by atoms with Gasteiger partial charge in [0, 0.05) is 16.8 Å². The quantitative estimate of drug-likeness (QED) is 0.200. The summed E-state index contributed by atoms with van der Waals surface area (Å²) in [5.41, 5.74) is -0.893. The van der Waals surface area contributed by atoms with E-state index in [-0.39, 0.29) is 17.4 Å². The third-order valence-electron chi connectivity index (χ3n) is 5.35. The Hall–Kier alpha value is -2.96. The smallest absolute Gasteiger partial charge is 0.425 e. The lowest BCUT2D eigenvalue weighted by molar-refractivity contribution is -0.136. The Bertz CT molecular complexity index is 1500. The molecule has 0 saturated carbocycles. The fourth-order valence-corrected chi connectivity index (χ4v) is 5.38. The predicted molar refractivity (Wildman–Crippen MR) is 141 cm³/mol. The monoisotopic (exact) mass is 599 g/mol. The number of carbonyl (C=O) groups is 1. The van der Waals surface area contributed by atoms with E-state index in [1.165, 1.54) is 42.8 Å². The summed E-state index contributed by atoms with van der Waals surface area (Å²) in [5.74, 6) is -0.487. The largest absolute Gasteiger partial charge is 0.459 e. The second kappa shape index (κ2) is 12.5. The minimum atomic E-state index is -4.32. The van der Waals surface area contributed by atoms with Gasteiger partial charge in [0.15, 0.2) is 12.5 Å². The number of hydrogen-bond donors (Lipinski definition) is 2. The Labute approximate surface area is 232 Å². The van der Waals surface area contributed by atoms with E-state index in [1.54, 1.807) is 30.3 Å². The number of aromatic amines is 1. The van der Waals surface area contributed by atoms with Crippen molar-refractivity contribution in [3.8, 4) is 11.5 Å². The zero-order valence-electron chi connectivity index (χ0n) is 20.7. The number of aromatic nitrogens is 2. The Kier molecular flexibility index (Phi) is 9.29. The molecule has 2 N–H and O–H groups in total.